The van der Waals surface area contributed by atoms with Crippen LogP contribution in [0.1, 0.15) is 12.5 Å². The smallest absolute Gasteiger partial charge is 0.119 e. The lowest BCUT2D eigenvalue weighted by Crippen LogP contribution is -2.36. The summed E-state index contributed by atoms with van der Waals surface area (Å²) in [7, 11) is 1.65. The second kappa shape index (κ2) is 4.35. The van der Waals surface area contributed by atoms with Gasteiger partial charge in [-0.2, -0.15) is 0 Å². The third-order valence-electron chi connectivity index (χ3n) is 3.04. The molecule has 0 saturated carbocycles. The molecule has 0 aliphatic carbocycles. The molecule has 0 saturated heterocycles. The number of benzene rings is 2. The van der Waals surface area contributed by atoms with Gasteiger partial charge in [-0.05, 0) is 41.5 Å². The summed E-state index contributed by atoms with van der Waals surface area (Å²) >= 11 is 0. The minimum atomic E-state index is -0.700. The molecule has 3 N–H and O–H groups in total. The Morgan fingerprint density at radius 2 is 1.82 bits per heavy atom. The molecule has 0 bridgehead atoms. The predicted molar refractivity (Wildman–Crippen MR) is 69.1 cm³/mol. The molecule has 0 aromatic heterocycles. The van der Waals surface area contributed by atoms with E-state index in [-0.39, 0.29) is 6.61 Å². The van der Waals surface area contributed by atoms with E-state index >= 15 is 0 Å². The Morgan fingerprint density at radius 3 is 2.47 bits per heavy atom. The molecule has 2 rings (SSSR count). The molecule has 0 heterocycles. The van der Waals surface area contributed by atoms with Gasteiger partial charge in [-0.3, -0.25) is 0 Å². The van der Waals surface area contributed by atoms with Crippen LogP contribution in [0.15, 0.2) is 36.4 Å². The quantitative estimate of drug-likeness (QED) is 0.849. The van der Waals surface area contributed by atoms with E-state index in [1.165, 1.54) is 0 Å². The molecule has 3 heteroatoms. The number of aliphatic hydroxyl groups is 1. The maximum Gasteiger partial charge on any atom is 0.119 e. The third-order valence-corrected chi connectivity index (χ3v) is 3.04. The first kappa shape index (κ1) is 11.9. The number of aliphatic hydroxyl groups excluding tert-OH is 1. The van der Waals surface area contributed by atoms with Gasteiger partial charge in [-0.15, -0.1) is 0 Å². The van der Waals surface area contributed by atoms with Crippen molar-refractivity contribution < 1.29 is 9.84 Å². The number of rotatable bonds is 3. The second-order valence-corrected chi connectivity index (χ2v) is 4.50. The Labute approximate surface area is 101 Å². The summed E-state index contributed by atoms with van der Waals surface area (Å²) < 4.78 is 5.18. The molecule has 3 nitrogen and oxygen atoms in total. The lowest BCUT2D eigenvalue weighted by atomic mass is 9.92. The van der Waals surface area contributed by atoms with E-state index in [0.29, 0.717) is 0 Å². The first-order valence-corrected chi connectivity index (χ1v) is 5.55. The van der Waals surface area contributed by atoms with Crippen molar-refractivity contribution in [2.24, 2.45) is 5.73 Å². The topological polar surface area (TPSA) is 55.5 Å². The van der Waals surface area contributed by atoms with Crippen molar-refractivity contribution in [2.45, 2.75) is 12.5 Å². The average molecular weight is 231 g/mol. The number of methoxy groups -OCH3 is 1. The fourth-order valence-electron chi connectivity index (χ4n) is 1.80. The summed E-state index contributed by atoms with van der Waals surface area (Å²) in [5, 5.41) is 11.4. The molecule has 1 atom stereocenters. The van der Waals surface area contributed by atoms with E-state index < -0.39 is 5.54 Å². The van der Waals surface area contributed by atoms with Gasteiger partial charge >= 0.3 is 0 Å². The van der Waals surface area contributed by atoms with Crippen molar-refractivity contribution in [1.29, 1.82) is 0 Å². The standard InChI is InChI=1S/C14H17NO2/c1-14(15,9-16)12-5-3-11-8-13(17-2)6-4-10(11)7-12/h3-8,16H,9,15H2,1-2H3. The first-order chi connectivity index (χ1) is 8.06. The maximum atomic E-state index is 9.26. The maximum absolute atomic E-state index is 9.26. The van der Waals surface area contributed by atoms with Crippen LogP contribution in [0, 0.1) is 0 Å². The van der Waals surface area contributed by atoms with Crippen LogP contribution in [0.4, 0.5) is 0 Å². The molecule has 0 aliphatic heterocycles. The van der Waals surface area contributed by atoms with Crippen molar-refractivity contribution in [3.63, 3.8) is 0 Å². The van der Waals surface area contributed by atoms with Crippen LogP contribution >= 0.6 is 0 Å². The average Bonchev–Trinajstić information content (AvgIpc) is 2.37. The summed E-state index contributed by atoms with van der Waals surface area (Å²) in [4.78, 5) is 0. The van der Waals surface area contributed by atoms with E-state index in [0.717, 1.165) is 22.1 Å². The number of nitrogens with two attached hydrogens (primary N) is 1. The molecule has 0 aliphatic rings. The highest BCUT2D eigenvalue weighted by Crippen LogP contribution is 2.25. The highest BCUT2D eigenvalue weighted by Gasteiger charge is 2.19. The number of ether oxygens (including phenoxy) is 1. The van der Waals surface area contributed by atoms with Crippen LogP contribution in [-0.2, 0) is 5.54 Å². The molecule has 17 heavy (non-hydrogen) atoms. The molecule has 0 spiro atoms. The Kier molecular flexibility index (Phi) is 3.05. The fourth-order valence-corrected chi connectivity index (χ4v) is 1.80. The molecule has 0 radical (unpaired) electrons. The Bertz CT molecular complexity index is 535. The summed E-state index contributed by atoms with van der Waals surface area (Å²) in [5.41, 5.74) is 6.24. The zero-order valence-corrected chi connectivity index (χ0v) is 10.1. The molecule has 0 fully saturated rings. The van der Waals surface area contributed by atoms with Gasteiger partial charge in [0.15, 0.2) is 0 Å². The van der Waals surface area contributed by atoms with Gasteiger partial charge in [0, 0.05) is 0 Å². The zero-order valence-electron chi connectivity index (χ0n) is 10.1. The molecule has 90 valence electrons. The van der Waals surface area contributed by atoms with E-state index in [1.807, 2.05) is 43.3 Å². The summed E-state index contributed by atoms with van der Waals surface area (Å²) in [5.74, 6) is 0.836. The van der Waals surface area contributed by atoms with E-state index in [1.54, 1.807) is 7.11 Å². The third kappa shape index (κ3) is 2.25. The summed E-state index contributed by atoms with van der Waals surface area (Å²) in [6.07, 6.45) is 0. The van der Waals surface area contributed by atoms with Crippen LogP contribution in [-0.4, -0.2) is 18.8 Å². The van der Waals surface area contributed by atoms with Crippen LogP contribution in [0.5, 0.6) is 5.75 Å². The highest BCUT2D eigenvalue weighted by atomic mass is 16.5. The lowest BCUT2D eigenvalue weighted by Gasteiger charge is -2.22. The van der Waals surface area contributed by atoms with Gasteiger partial charge in [0.25, 0.3) is 0 Å². The van der Waals surface area contributed by atoms with E-state index in [2.05, 4.69) is 0 Å². The SMILES string of the molecule is COc1ccc2cc(C(C)(N)CO)ccc2c1. The van der Waals surface area contributed by atoms with Gasteiger partial charge in [0.05, 0.1) is 19.3 Å². The summed E-state index contributed by atoms with van der Waals surface area (Å²) in [6.45, 7) is 1.74. The number of fused-ring (bicyclic) bond motifs is 1. The fraction of sp³-hybridized carbons (Fsp3) is 0.286. The van der Waals surface area contributed by atoms with E-state index in [4.69, 9.17) is 10.5 Å². The molecule has 0 amide bonds. The highest BCUT2D eigenvalue weighted by molar-refractivity contribution is 5.84. The van der Waals surface area contributed by atoms with Gasteiger partial charge in [0.1, 0.15) is 5.75 Å². The molecule has 2 aromatic carbocycles. The Morgan fingerprint density at radius 1 is 1.18 bits per heavy atom. The van der Waals surface area contributed by atoms with Crippen LogP contribution < -0.4 is 10.5 Å². The van der Waals surface area contributed by atoms with Gasteiger partial charge in [-0.25, -0.2) is 0 Å². The Balaban J connectivity index is 2.52. The van der Waals surface area contributed by atoms with Crippen molar-refractivity contribution in [1.82, 2.24) is 0 Å². The second-order valence-electron chi connectivity index (χ2n) is 4.50. The van der Waals surface area contributed by atoms with Gasteiger partial charge < -0.3 is 15.6 Å². The molecule has 1 unspecified atom stereocenters. The molecule has 2 aromatic rings. The monoisotopic (exact) mass is 231 g/mol. The van der Waals surface area contributed by atoms with Gasteiger partial charge in [-0.1, -0.05) is 18.2 Å². The largest absolute Gasteiger partial charge is 0.497 e. The van der Waals surface area contributed by atoms with Crippen LogP contribution in [0.25, 0.3) is 10.8 Å². The Hall–Kier alpha value is -1.58. The normalized spacial score (nSPS) is 14.6. The van der Waals surface area contributed by atoms with Crippen LogP contribution in [0.3, 0.4) is 0 Å². The first-order valence-electron chi connectivity index (χ1n) is 5.55. The van der Waals surface area contributed by atoms with Crippen molar-refractivity contribution in [3.8, 4) is 5.75 Å². The van der Waals surface area contributed by atoms with Gasteiger partial charge in [0.2, 0.25) is 0 Å². The predicted octanol–water partition coefficient (Wildman–Crippen LogP) is 2.01. The zero-order chi connectivity index (χ0) is 12.5. The lowest BCUT2D eigenvalue weighted by molar-refractivity contribution is 0.210. The van der Waals surface area contributed by atoms with Crippen molar-refractivity contribution in [3.05, 3.63) is 42.0 Å². The number of hydrogen-bond acceptors (Lipinski definition) is 3. The molecular weight excluding hydrogens is 214 g/mol. The van der Waals surface area contributed by atoms with Crippen molar-refractivity contribution in [2.75, 3.05) is 13.7 Å². The summed E-state index contributed by atoms with van der Waals surface area (Å²) in [6, 6.07) is 11.8. The minimum absolute atomic E-state index is 0.0747. The minimum Gasteiger partial charge on any atom is -0.497 e. The number of hydrogen-bond donors (Lipinski definition) is 2. The molecular formula is C14H17NO2. The van der Waals surface area contributed by atoms with Crippen LogP contribution in [0.2, 0.25) is 0 Å². The van der Waals surface area contributed by atoms with E-state index in [9.17, 15) is 5.11 Å². The van der Waals surface area contributed by atoms with Crippen molar-refractivity contribution >= 4 is 10.8 Å².